The molecule has 69 valence electrons. The van der Waals surface area contributed by atoms with E-state index in [4.69, 9.17) is 5.73 Å². The monoisotopic (exact) mass is 295 g/mol. The summed E-state index contributed by atoms with van der Waals surface area (Å²) in [6.07, 6.45) is -4.33. The number of nitrogen functional groups attached to an aromatic ring is 1. The molecule has 0 fully saturated rings. The third-order valence-electron chi connectivity index (χ3n) is 1.52. The van der Waals surface area contributed by atoms with Crippen LogP contribution in [0.25, 0.3) is 0 Å². The van der Waals surface area contributed by atoms with Crippen molar-refractivity contribution in [2.24, 2.45) is 0 Å². The number of aromatic nitrogens is 1. The van der Waals surface area contributed by atoms with Gasteiger partial charge < -0.3 is 0 Å². The zero-order valence-electron chi connectivity index (χ0n) is 6.74. The minimum atomic E-state index is -4.33. The molecule has 1 aromatic heterocycles. The molecule has 0 aliphatic rings. The summed E-state index contributed by atoms with van der Waals surface area (Å²) in [5.74, 6) is 0.136. The first kappa shape index (κ1) is 10.6. The Morgan fingerprint density at radius 3 is 2.38 bits per heavy atom. The number of anilines is 1. The molecule has 0 aliphatic carbocycles. The van der Waals surface area contributed by atoms with Crippen LogP contribution in [0.1, 0.15) is 11.1 Å². The molecule has 0 amide bonds. The molecule has 13 heavy (non-hydrogen) atoms. The Morgan fingerprint density at radius 1 is 1.46 bits per heavy atom. The molecule has 2 nitrogen and oxygen atoms in total. The summed E-state index contributed by atoms with van der Waals surface area (Å²) >= 11 is 0.614. The van der Waals surface area contributed by atoms with Crippen molar-refractivity contribution in [3.8, 4) is 0 Å². The molecule has 0 saturated heterocycles. The second-order valence-electron chi connectivity index (χ2n) is 2.59. The van der Waals surface area contributed by atoms with Gasteiger partial charge in [0.05, 0.1) is 0 Å². The van der Waals surface area contributed by atoms with Gasteiger partial charge in [0.15, 0.2) is 0 Å². The van der Waals surface area contributed by atoms with Crippen LogP contribution in [-0.4, -0.2) is 27.5 Å². The van der Waals surface area contributed by atoms with E-state index in [1.54, 1.807) is 0 Å². The second kappa shape index (κ2) is 3.36. The van der Waals surface area contributed by atoms with Gasteiger partial charge in [0, 0.05) is 0 Å². The van der Waals surface area contributed by atoms with Crippen LogP contribution >= 0.6 is 0 Å². The maximum absolute atomic E-state index is 12.4. The number of aryl methyl sites for hydroxylation is 1. The second-order valence-corrected chi connectivity index (χ2v) is 3.94. The first-order valence-corrected chi connectivity index (χ1v) is 4.81. The van der Waals surface area contributed by atoms with Gasteiger partial charge >= 0.3 is 86.2 Å². The average molecular weight is 294 g/mol. The van der Waals surface area contributed by atoms with Crippen molar-refractivity contribution in [1.29, 1.82) is 0 Å². The van der Waals surface area contributed by atoms with Crippen molar-refractivity contribution in [3.05, 3.63) is 17.2 Å². The van der Waals surface area contributed by atoms with E-state index in [2.05, 4.69) is 4.98 Å². The van der Waals surface area contributed by atoms with Gasteiger partial charge in [-0.2, -0.15) is 0 Å². The quantitative estimate of drug-likeness (QED) is 0.718. The summed E-state index contributed by atoms with van der Waals surface area (Å²) in [5, 5.41) is 0. The molecule has 0 atom stereocenters. The molecule has 0 aromatic carbocycles. The van der Waals surface area contributed by atoms with Gasteiger partial charge in [-0.05, 0) is 0 Å². The summed E-state index contributed by atoms with van der Waals surface area (Å²) < 4.78 is 37.1. The van der Waals surface area contributed by atoms with Crippen LogP contribution in [0.15, 0.2) is 6.07 Å². The number of alkyl halides is 3. The molecule has 0 bridgehead atoms. The Hall–Kier alpha value is -0.461. The number of hydrogen-bond acceptors (Lipinski definition) is 2. The molecular weight excluding hydrogens is 288 g/mol. The van der Waals surface area contributed by atoms with Crippen LogP contribution < -0.4 is 9.44 Å². The number of halogens is 3. The standard InChI is InChI=1S/C7H6F3N2.Sn/c1-4-2-6(11)12-3-5(4)7(8,9)10;/h2H,1H3,(H2,11,12);. The molecule has 1 aromatic rings. The van der Waals surface area contributed by atoms with Gasteiger partial charge in [0.1, 0.15) is 0 Å². The molecule has 0 spiro atoms. The topological polar surface area (TPSA) is 38.9 Å². The van der Waals surface area contributed by atoms with Gasteiger partial charge in [-0.25, -0.2) is 0 Å². The first-order chi connectivity index (χ1) is 5.82. The number of rotatable bonds is 0. The molecule has 1 heterocycles. The van der Waals surface area contributed by atoms with Gasteiger partial charge in [-0.1, -0.05) is 0 Å². The van der Waals surface area contributed by atoms with E-state index in [9.17, 15) is 13.2 Å². The average Bonchev–Trinajstić information content (AvgIpc) is 1.78. The van der Waals surface area contributed by atoms with Crippen LogP contribution in [-0.2, 0) is 6.18 Å². The fourth-order valence-corrected chi connectivity index (χ4v) is 2.39. The van der Waals surface area contributed by atoms with E-state index in [1.165, 1.54) is 13.0 Å². The Labute approximate surface area is 86.4 Å². The minimum absolute atomic E-state index is 0.0113. The Morgan fingerprint density at radius 2 is 2.00 bits per heavy atom. The molecule has 6 heteroatoms. The third-order valence-corrected chi connectivity index (χ3v) is 2.55. The molecule has 0 saturated carbocycles. The van der Waals surface area contributed by atoms with Gasteiger partial charge in [0.25, 0.3) is 0 Å². The zero-order valence-corrected chi connectivity index (χ0v) is 9.59. The third kappa shape index (κ3) is 2.26. The number of hydrogen-bond donors (Lipinski definition) is 1. The normalized spacial score (nSPS) is 11.8. The molecule has 0 unspecified atom stereocenters. The van der Waals surface area contributed by atoms with E-state index in [-0.39, 0.29) is 15.1 Å². The van der Waals surface area contributed by atoms with Crippen LogP contribution in [0.3, 0.4) is 0 Å². The van der Waals surface area contributed by atoms with Crippen LogP contribution in [0, 0.1) is 6.92 Å². The Balaban J connectivity index is 3.38. The van der Waals surface area contributed by atoms with E-state index >= 15 is 0 Å². The van der Waals surface area contributed by atoms with Gasteiger partial charge in [-0.15, -0.1) is 0 Å². The Bertz CT molecular complexity index is 312. The SMILES string of the molecule is Cc1cc(N)n[c]([Sn])c1C(F)(F)F. The molecule has 1 rings (SSSR count). The fourth-order valence-electron chi connectivity index (χ4n) is 1.06. The first-order valence-electron chi connectivity index (χ1n) is 3.38. The zero-order chi connectivity index (χ0) is 10.2. The summed E-state index contributed by atoms with van der Waals surface area (Å²) in [6.45, 7) is 1.38. The number of pyridine rings is 1. The predicted molar refractivity (Wildman–Crippen MR) is 43.8 cm³/mol. The van der Waals surface area contributed by atoms with Crippen LogP contribution in [0.4, 0.5) is 19.0 Å². The van der Waals surface area contributed by atoms with Crippen molar-refractivity contribution in [2.45, 2.75) is 13.1 Å². The van der Waals surface area contributed by atoms with Crippen LogP contribution in [0.2, 0.25) is 0 Å². The van der Waals surface area contributed by atoms with Crippen molar-refractivity contribution in [2.75, 3.05) is 5.73 Å². The summed E-state index contributed by atoms with van der Waals surface area (Å²) in [6, 6.07) is 1.23. The van der Waals surface area contributed by atoms with Crippen molar-refractivity contribution in [1.82, 2.24) is 4.98 Å². The van der Waals surface area contributed by atoms with Crippen LogP contribution in [0.5, 0.6) is 0 Å². The van der Waals surface area contributed by atoms with E-state index in [0.717, 1.165) is 0 Å². The van der Waals surface area contributed by atoms with Crippen molar-refractivity contribution in [3.63, 3.8) is 0 Å². The molecule has 2 N–H and O–H groups in total. The maximum atomic E-state index is 12.4. The van der Waals surface area contributed by atoms with E-state index in [1.807, 2.05) is 0 Å². The number of nitrogens with zero attached hydrogens (tertiary/aromatic N) is 1. The van der Waals surface area contributed by atoms with Crippen molar-refractivity contribution < 1.29 is 13.2 Å². The van der Waals surface area contributed by atoms with Crippen molar-refractivity contribution >= 4 is 32.1 Å². The predicted octanol–water partition coefficient (Wildman–Crippen LogP) is 0.785. The van der Waals surface area contributed by atoms with E-state index in [0.29, 0.717) is 22.5 Å². The van der Waals surface area contributed by atoms with Gasteiger partial charge in [-0.3, -0.25) is 0 Å². The van der Waals surface area contributed by atoms with Gasteiger partial charge in [0.2, 0.25) is 0 Å². The Kier molecular flexibility index (Phi) is 2.74. The van der Waals surface area contributed by atoms with E-state index < -0.39 is 11.7 Å². The molecule has 3 radical (unpaired) electrons. The fraction of sp³-hybridized carbons (Fsp3) is 0.286. The molecule has 0 aliphatic heterocycles. The summed E-state index contributed by atoms with van der Waals surface area (Å²) in [7, 11) is 0. The summed E-state index contributed by atoms with van der Waals surface area (Å²) in [4.78, 5) is 3.60. The summed E-state index contributed by atoms with van der Waals surface area (Å²) in [5.41, 5.74) is 4.79. The number of nitrogens with two attached hydrogens (primary N) is 1. The molecular formula is C7H6F3N2Sn.